The minimum atomic E-state index is -1.03. The number of hydrogen-bond donors (Lipinski definition) is 2. The molecule has 0 saturated carbocycles. The Labute approximate surface area is 142 Å². The minimum Gasteiger partial charge on any atom is -0.481 e. The molecule has 0 aliphatic heterocycles. The molecule has 0 heterocycles. The van der Waals surface area contributed by atoms with Gasteiger partial charge < -0.3 is 15.2 Å². The molecule has 0 spiro atoms. The van der Waals surface area contributed by atoms with Crippen molar-refractivity contribution in [1.82, 2.24) is 5.32 Å². The number of rotatable bonds is 10. The Morgan fingerprint density at radius 2 is 1.79 bits per heavy atom. The predicted molar refractivity (Wildman–Crippen MR) is 90.1 cm³/mol. The van der Waals surface area contributed by atoms with Gasteiger partial charge in [0.25, 0.3) is 0 Å². The number of carboxylic acids is 1. The third-order valence-corrected chi connectivity index (χ3v) is 3.71. The number of aryl methyl sites for hydroxylation is 1. The molecule has 0 bridgehead atoms. The summed E-state index contributed by atoms with van der Waals surface area (Å²) in [5, 5.41) is 11.6. The van der Waals surface area contributed by atoms with Gasteiger partial charge in [-0.2, -0.15) is 0 Å². The zero-order chi connectivity index (χ0) is 18.2. The van der Waals surface area contributed by atoms with Crippen molar-refractivity contribution in [2.75, 3.05) is 13.7 Å². The van der Waals surface area contributed by atoms with Gasteiger partial charge in [0.1, 0.15) is 0 Å². The molecule has 132 valence electrons. The van der Waals surface area contributed by atoms with Crippen LogP contribution >= 0.6 is 0 Å². The number of carboxylic acid groups (broad SMARTS) is 1. The van der Waals surface area contributed by atoms with E-state index in [9.17, 15) is 14.4 Å². The van der Waals surface area contributed by atoms with Gasteiger partial charge in [0.05, 0.1) is 18.6 Å². The van der Waals surface area contributed by atoms with Crippen LogP contribution in [0.2, 0.25) is 0 Å². The summed E-state index contributed by atoms with van der Waals surface area (Å²) < 4.78 is 4.98. The summed E-state index contributed by atoms with van der Waals surface area (Å²) in [6, 6.07) is 7.32. The number of Topliss-reactive ketones (excluding diaryl/α,β-unsaturated/α-hetero) is 1. The molecule has 1 rings (SSSR count). The lowest BCUT2D eigenvalue weighted by molar-refractivity contribution is -0.139. The first-order valence-corrected chi connectivity index (χ1v) is 7.93. The fourth-order valence-corrected chi connectivity index (χ4v) is 2.48. The number of carbonyl (C=O) groups is 3. The summed E-state index contributed by atoms with van der Waals surface area (Å²) in [5.74, 6) is -1.50. The number of benzene rings is 1. The molecule has 1 unspecified atom stereocenters. The standard InChI is InChI=1S/C18H25NO5/c1-4-13-5-7-14(8-6-13)15(20)9-10-16(21)19-18(2,12-24-3)11-17(22)23/h5-8H,4,9-12H2,1-3H3,(H,19,21)(H,22,23). The normalized spacial score (nSPS) is 13.1. The van der Waals surface area contributed by atoms with Gasteiger partial charge in [0.2, 0.25) is 5.91 Å². The molecule has 0 radical (unpaired) electrons. The molecule has 0 aliphatic carbocycles. The second-order valence-corrected chi connectivity index (χ2v) is 6.09. The quantitative estimate of drug-likeness (QED) is 0.640. The number of amides is 1. The van der Waals surface area contributed by atoms with Crippen molar-refractivity contribution >= 4 is 17.7 Å². The van der Waals surface area contributed by atoms with Crippen molar-refractivity contribution in [1.29, 1.82) is 0 Å². The maximum Gasteiger partial charge on any atom is 0.305 e. The number of nitrogens with one attached hydrogen (secondary N) is 1. The monoisotopic (exact) mass is 335 g/mol. The van der Waals surface area contributed by atoms with E-state index < -0.39 is 11.5 Å². The van der Waals surface area contributed by atoms with E-state index >= 15 is 0 Å². The van der Waals surface area contributed by atoms with Crippen molar-refractivity contribution in [3.63, 3.8) is 0 Å². The molecule has 0 saturated heterocycles. The van der Waals surface area contributed by atoms with Gasteiger partial charge in [0.15, 0.2) is 5.78 Å². The predicted octanol–water partition coefficient (Wildman–Crippen LogP) is 2.21. The van der Waals surface area contributed by atoms with E-state index in [4.69, 9.17) is 9.84 Å². The van der Waals surface area contributed by atoms with Crippen molar-refractivity contribution < 1.29 is 24.2 Å². The van der Waals surface area contributed by atoms with Crippen LogP contribution in [0.1, 0.15) is 49.0 Å². The SMILES string of the molecule is CCc1ccc(C(=O)CCC(=O)NC(C)(COC)CC(=O)O)cc1. The van der Waals surface area contributed by atoms with E-state index in [1.54, 1.807) is 19.1 Å². The number of ketones is 1. The van der Waals surface area contributed by atoms with Crippen LogP contribution in [0, 0.1) is 0 Å². The van der Waals surface area contributed by atoms with E-state index in [1.807, 2.05) is 19.1 Å². The molecule has 6 heteroatoms. The molecule has 0 aromatic heterocycles. The lowest BCUT2D eigenvalue weighted by atomic mass is 9.98. The second kappa shape index (κ2) is 9.17. The first-order chi connectivity index (χ1) is 11.3. The van der Waals surface area contributed by atoms with Crippen LogP contribution in [-0.4, -0.2) is 42.0 Å². The third kappa shape index (κ3) is 6.50. The van der Waals surface area contributed by atoms with Crippen LogP contribution in [0.3, 0.4) is 0 Å². The zero-order valence-corrected chi connectivity index (χ0v) is 14.4. The zero-order valence-electron chi connectivity index (χ0n) is 14.4. The van der Waals surface area contributed by atoms with Crippen LogP contribution in [0.15, 0.2) is 24.3 Å². The highest BCUT2D eigenvalue weighted by Gasteiger charge is 2.29. The Bertz CT molecular complexity index is 582. The Kier molecular flexibility index (Phi) is 7.58. The van der Waals surface area contributed by atoms with E-state index in [0.717, 1.165) is 12.0 Å². The lowest BCUT2D eigenvalue weighted by Gasteiger charge is -2.28. The van der Waals surface area contributed by atoms with E-state index in [0.29, 0.717) is 5.56 Å². The molecule has 1 aromatic carbocycles. The Morgan fingerprint density at radius 1 is 1.17 bits per heavy atom. The topological polar surface area (TPSA) is 92.7 Å². The van der Waals surface area contributed by atoms with Gasteiger partial charge in [-0.25, -0.2) is 0 Å². The van der Waals surface area contributed by atoms with Gasteiger partial charge in [0, 0.05) is 25.5 Å². The summed E-state index contributed by atoms with van der Waals surface area (Å²) in [4.78, 5) is 35.1. The highest BCUT2D eigenvalue weighted by Crippen LogP contribution is 2.12. The van der Waals surface area contributed by atoms with Crippen LogP contribution in [0.4, 0.5) is 0 Å². The molecule has 1 atom stereocenters. The number of aliphatic carboxylic acids is 1. The highest BCUT2D eigenvalue weighted by molar-refractivity contribution is 5.98. The average Bonchev–Trinajstić information content (AvgIpc) is 2.51. The van der Waals surface area contributed by atoms with E-state index in [2.05, 4.69) is 5.32 Å². The van der Waals surface area contributed by atoms with Gasteiger partial charge in [-0.15, -0.1) is 0 Å². The first-order valence-electron chi connectivity index (χ1n) is 7.93. The fourth-order valence-electron chi connectivity index (χ4n) is 2.48. The summed E-state index contributed by atoms with van der Waals surface area (Å²) in [6.45, 7) is 3.72. The van der Waals surface area contributed by atoms with Crippen molar-refractivity contribution in [2.45, 2.75) is 45.1 Å². The smallest absolute Gasteiger partial charge is 0.305 e. The summed E-state index contributed by atoms with van der Waals surface area (Å²) in [7, 11) is 1.44. The number of hydrogen-bond acceptors (Lipinski definition) is 4. The average molecular weight is 335 g/mol. The molecule has 6 nitrogen and oxygen atoms in total. The van der Waals surface area contributed by atoms with Crippen molar-refractivity contribution in [3.05, 3.63) is 35.4 Å². The number of ether oxygens (including phenoxy) is 1. The number of methoxy groups -OCH3 is 1. The molecule has 0 aliphatic rings. The molecule has 1 aromatic rings. The third-order valence-electron chi connectivity index (χ3n) is 3.71. The summed E-state index contributed by atoms with van der Waals surface area (Å²) in [6.07, 6.45) is 0.734. The summed E-state index contributed by atoms with van der Waals surface area (Å²) >= 11 is 0. The van der Waals surface area contributed by atoms with Crippen LogP contribution in [0.5, 0.6) is 0 Å². The number of carbonyl (C=O) groups excluding carboxylic acids is 2. The maximum atomic E-state index is 12.1. The maximum absolute atomic E-state index is 12.1. The van der Waals surface area contributed by atoms with Crippen LogP contribution < -0.4 is 5.32 Å². The van der Waals surface area contributed by atoms with Crippen LogP contribution in [0.25, 0.3) is 0 Å². The fraction of sp³-hybridized carbons (Fsp3) is 0.500. The Hall–Kier alpha value is -2.21. The lowest BCUT2D eigenvalue weighted by Crippen LogP contribution is -2.50. The largest absolute Gasteiger partial charge is 0.481 e. The van der Waals surface area contributed by atoms with E-state index in [1.165, 1.54) is 7.11 Å². The van der Waals surface area contributed by atoms with Gasteiger partial charge >= 0.3 is 5.97 Å². The minimum absolute atomic E-state index is 0.00723. The molecule has 24 heavy (non-hydrogen) atoms. The molecular weight excluding hydrogens is 310 g/mol. The van der Waals surface area contributed by atoms with Gasteiger partial charge in [-0.3, -0.25) is 14.4 Å². The molecular formula is C18H25NO5. The van der Waals surface area contributed by atoms with Gasteiger partial charge in [-0.05, 0) is 18.9 Å². The van der Waals surface area contributed by atoms with E-state index in [-0.39, 0.29) is 37.6 Å². The first kappa shape index (κ1) is 19.8. The molecule has 2 N–H and O–H groups in total. The van der Waals surface area contributed by atoms with Gasteiger partial charge in [-0.1, -0.05) is 31.2 Å². The van der Waals surface area contributed by atoms with Crippen molar-refractivity contribution in [2.24, 2.45) is 0 Å². The summed E-state index contributed by atoms with van der Waals surface area (Å²) in [5.41, 5.74) is 0.724. The van der Waals surface area contributed by atoms with Crippen LogP contribution in [-0.2, 0) is 20.7 Å². The molecule has 1 amide bonds. The Morgan fingerprint density at radius 3 is 2.29 bits per heavy atom. The Balaban J connectivity index is 2.57. The highest BCUT2D eigenvalue weighted by atomic mass is 16.5. The molecule has 0 fully saturated rings. The van der Waals surface area contributed by atoms with Crippen molar-refractivity contribution in [3.8, 4) is 0 Å². The second-order valence-electron chi connectivity index (χ2n) is 6.09.